The van der Waals surface area contributed by atoms with E-state index in [-0.39, 0.29) is 5.69 Å². The van der Waals surface area contributed by atoms with Gasteiger partial charge in [0.2, 0.25) is 0 Å². The fraction of sp³-hybridized carbons (Fsp3) is 0.375. The Morgan fingerprint density at radius 3 is 2.82 bits per heavy atom. The lowest BCUT2D eigenvalue weighted by Crippen LogP contribution is -2.17. The van der Waals surface area contributed by atoms with Gasteiger partial charge in [0.1, 0.15) is 5.82 Å². The molecule has 0 saturated carbocycles. The number of benzene rings is 1. The Morgan fingerprint density at radius 1 is 1.18 bits per heavy atom. The second kappa shape index (κ2) is 6.09. The quantitative estimate of drug-likeness (QED) is 0.909. The second-order valence-electron chi connectivity index (χ2n) is 5.17. The number of aromatic nitrogens is 2. The van der Waals surface area contributed by atoms with Crippen LogP contribution >= 0.6 is 0 Å². The molecule has 6 heteroatoms. The number of H-pyrrole nitrogens is 1. The first kappa shape index (κ1) is 14.4. The summed E-state index contributed by atoms with van der Waals surface area (Å²) in [5, 5.41) is 3.24. The maximum Gasteiger partial charge on any atom is 0.347 e. The molecule has 6 nitrogen and oxygen atoms in total. The van der Waals surface area contributed by atoms with Gasteiger partial charge in [-0.15, -0.1) is 0 Å². The number of ether oxygens (including phenoxy) is 2. The van der Waals surface area contributed by atoms with Crippen molar-refractivity contribution in [1.82, 2.24) is 9.97 Å². The molecule has 0 aliphatic carbocycles. The number of methoxy groups -OCH3 is 2. The molecule has 2 N–H and O–H groups in total. The van der Waals surface area contributed by atoms with E-state index >= 15 is 0 Å². The molecule has 1 aromatic heterocycles. The predicted octanol–water partition coefficient (Wildman–Crippen LogP) is 2.20. The van der Waals surface area contributed by atoms with Crippen molar-refractivity contribution < 1.29 is 9.47 Å². The zero-order chi connectivity index (χ0) is 15.5. The third-order valence-electron chi connectivity index (χ3n) is 3.85. The van der Waals surface area contributed by atoms with E-state index in [4.69, 9.17) is 9.47 Å². The molecule has 0 amide bonds. The summed E-state index contributed by atoms with van der Waals surface area (Å²) in [4.78, 5) is 18.9. The molecule has 116 valence electrons. The number of para-hydroxylation sites is 1. The van der Waals surface area contributed by atoms with Crippen molar-refractivity contribution in [3.8, 4) is 22.8 Å². The molecule has 0 unspecified atom stereocenters. The summed E-state index contributed by atoms with van der Waals surface area (Å²) in [5.41, 5.74) is 2.21. The normalized spacial score (nSPS) is 13.7. The van der Waals surface area contributed by atoms with Crippen LogP contribution < -0.4 is 20.5 Å². The molecule has 1 aliphatic rings. The van der Waals surface area contributed by atoms with E-state index in [1.807, 2.05) is 18.2 Å². The van der Waals surface area contributed by atoms with Crippen LogP contribution in [0.1, 0.15) is 18.4 Å². The Labute approximate surface area is 128 Å². The van der Waals surface area contributed by atoms with Crippen LogP contribution in [0.4, 0.5) is 5.82 Å². The molecule has 0 fully saturated rings. The third kappa shape index (κ3) is 2.52. The molecule has 0 spiro atoms. The maximum atomic E-state index is 11.9. The number of fused-ring (bicyclic) bond motifs is 1. The van der Waals surface area contributed by atoms with Gasteiger partial charge in [0, 0.05) is 17.7 Å². The highest BCUT2D eigenvalue weighted by Gasteiger charge is 2.20. The van der Waals surface area contributed by atoms with Crippen LogP contribution in [0.2, 0.25) is 0 Å². The Morgan fingerprint density at radius 2 is 2.05 bits per heavy atom. The zero-order valence-corrected chi connectivity index (χ0v) is 12.7. The highest BCUT2D eigenvalue weighted by Crippen LogP contribution is 2.39. The van der Waals surface area contributed by atoms with Crippen LogP contribution in [0, 0.1) is 0 Å². The Hall–Kier alpha value is -2.50. The Balaban J connectivity index is 2.25. The maximum absolute atomic E-state index is 11.9. The van der Waals surface area contributed by atoms with Gasteiger partial charge in [0.25, 0.3) is 0 Å². The molecule has 22 heavy (non-hydrogen) atoms. The van der Waals surface area contributed by atoms with Crippen molar-refractivity contribution >= 4 is 5.82 Å². The van der Waals surface area contributed by atoms with E-state index in [1.165, 1.54) is 0 Å². The zero-order valence-electron chi connectivity index (χ0n) is 12.7. The van der Waals surface area contributed by atoms with Crippen molar-refractivity contribution in [2.24, 2.45) is 0 Å². The lowest BCUT2D eigenvalue weighted by molar-refractivity contribution is 0.356. The van der Waals surface area contributed by atoms with Gasteiger partial charge in [-0.2, -0.15) is 4.98 Å². The van der Waals surface area contributed by atoms with Crippen LogP contribution in [-0.4, -0.2) is 30.7 Å². The summed E-state index contributed by atoms with van der Waals surface area (Å²) in [6.07, 6.45) is 2.97. The number of rotatable bonds is 3. The summed E-state index contributed by atoms with van der Waals surface area (Å²) in [6, 6.07) is 5.63. The number of nitrogens with zero attached hydrogens (tertiary/aromatic N) is 1. The average Bonchev–Trinajstić information content (AvgIpc) is 2.78. The van der Waals surface area contributed by atoms with Gasteiger partial charge in [-0.3, -0.25) is 0 Å². The molecule has 2 aromatic rings. The molecule has 0 atom stereocenters. The fourth-order valence-corrected chi connectivity index (χ4v) is 2.83. The number of anilines is 1. The third-order valence-corrected chi connectivity index (χ3v) is 3.85. The van der Waals surface area contributed by atoms with E-state index in [9.17, 15) is 4.79 Å². The van der Waals surface area contributed by atoms with E-state index in [0.717, 1.165) is 42.6 Å². The lowest BCUT2D eigenvalue weighted by atomic mass is 10.0. The first-order valence-corrected chi connectivity index (χ1v) is 7.33. The number of hydrogen-bond acceptors (Lipinski definition) is 5. The molecule has 1 aromatic carbocycles. The van der Waals surface area contributed by atoms with Crippen LogP contribution in [0.15, 0.2) is 23.0 Å². The molecular weight excluding hydrogens is 282 g/mol. The van der Waals surface area contributed by atoms with Gasteiger partial charge in [0.15, 0.2) is 11.5 Å². The summed E-state index contributed by atoms with van der Waals surface area (Å²) in [6.45, 7) is 0.831. The fourth-order valence-electron chi connectivity index (χ4n) is 2.83. The smallest absolute Gasteiger partial charge is 0.347 e. The van der Waals surface area contributed by atoms with Crippen LogP contribution in [0.3, 0.4) is 0 Å². The molecule has 0 bridgehead atoms. The van der Waals surface area contributed by atoms with Crippen molar-refractivity contribution in [3.05, 3.63) is 34.2 Å². The Bertz CT molecular complexity index is 740. The van der Waals surface area contributed by atoms with Gasteiger partial charge in [0.05, 0.1) is 19.9 Å². The standard InChI is InChI=1S/C16H19N3O3/c1-21-12-8-5-7-10(14(12)22-2)13-11-6-3-4-9-17-15(11)19-16(20)18-13/h5,7-8H,3-4,6,9H2,1-2H3,(H2,17,18,19,20). The van der Waals surface area contributed by atoms with E-state index in [0.29, 0.717) is 17.3 Å². The molecular formula is C16H19N3O3. The largest absolute Gasteiger partial charge is 0.493 e. The van der Waals surface area contributed by atoms with Crippen molar-refractivity contribution in [2.45, 2.75) is 19.3 Å². The van der Waals surface area contributed by atoms with Crippen LogP contribution in [0.25, 0.3) is 11.3 Å². The number of nitrogens with one attached hydrogen (secondary N) is 2. The average molecular weight is 301 g/mol. The van der Waals surface area contributed by atoms with E-state index in [2.05, 4.69) is 15.3 Å². The Kier molecular flexibility index (Phi) is 4.00. The summed E-state index contributed by atoms with van der Waals surface area (Å²) >= 11 is 0. The molecule has 3 rings (SSSR count). The molecule has 0 saturated heterocycles. The predicted molar refractivity (Wildman–Crippen MR) is 84.8 cm³/mol. The van der Waals surface area contributed by atoms with Crippen LogP contribution in [0.5, 0.6) is 11.5 Å². The van der Waals surface area contributed by atoms with Gasteiger partial charge in [-0.25, -0.2) is 4.79 Å². The van der Waals surface area contributed by atoms with Crippen molar-refractivity contribution in [1.29, 1.82) is 0 Å². The monoisotopic (exact) mass is 301 g/mol. The van der Waals surface area contributed by atoms with E-state index in [1.54, 1.807) is 14.2 Å². The number of aromatic amines is 1. The second-order valence-corrected chi connectivity index (χ2v) is 5.17. The van der Waals surface area contributed by atoms with E-state index < -0.39 is 0 Å². The topological polar surface area (TPSA) is 76.2 Å². The molecule has 1 aliphatic heterocycles. The highest BCUT2D eigenvalue weighted by atomic mass is 16.5. The summed E-state index contributed by atoms with van der Waals surface area (Å²) in [5.74, 6) is 1.91. The minimum atomic E-state index is -0.368. The highest BCUT2D eigenvalue weighted by molar-refractivity contribution is 5.76. The van der Waals surface area contributed by atoms with Gasteiger partial charge < -0.3 is 19.8 Å². The van der Waals surface area contributed by atoms with Crippen molar-refractivity contribution in [2.75, 3.05) is 26.1 Å². The lowest BCUT2D eigenvalue weighted by Gasteiger charge is -2.16. The molecule has 0 radical (unpaired) electrons. The summed E-state index contributed by atoms with van der Waals surface area (Å²) < 4.78 is 10.8. The first-order chi connectivity index (χ1) is 10.7. The SMILES string of the molecule is COc1cccc(-c2[nH]c(=O)nc3c2CCCCN3)c1OC. The summed E-state index contributed by atoms with van der Waals surface area (Å²) in [7, 11) is 3.19. The van der Waals surface area contributed by atoms with Gasteiger partial charge in [-0.05, 0) is 31.4 Å². The number of hydrogen-bond donors (Lipinski definition) is 2. The minimum absolute atomic E-state index is 0.368. The first-order valence-electron chi connectivity index (χ1n) is 7.33. The van der Waals surface area contributed by atoms with Gasteiger partial charge in [-0.1, -0.05) is 6.07 Å². The van der Waals surface area contributed by atoms with Crippen LogP contribution in [-0.2, 0) is 6.42 Å². The molecule has 2 heterocycles. The van der Waals surface area contributed by atoms with Gasteiger partial charge >= 0.3 is 5.69 Å². The minimum Gasteiger partial charge on any atom is -0.493 e. The van der Waals surface area contributed by atoms with Crippen molar-refractivity contribution in [3.63, 3.8) is 0 Å².